The average Bonchev–Trinajstić information content (AvgIpc) is 3.11. The van der Waals surface area contributed by atoms with Gasteiger partial charge in [0.15, 0.2) is 5.65 Å². The smallest absolute Gasteiger partial charge is 0.320 e. The summed E-state index contributed by atoms with van der Waals surface area (Å²) in [6, 6.07) is 7.18. The molecule has 0 fully saturated rings. The van der Waals surface area contributed by atoms with Crippen molar-refractivity contribution in [3.8, 4) is 17.2 Å². The van der Waals surface area contributed by atoms with Crippen molar-refractivity contribution in [3.05, 3.63) is 58.1 Å². The maximum absolute atomic E-state index is 13.6. The minimum Gasteiger partial charge on any atom is -0.480 e. The molecule has 8 nitrogen and oxygen atoms in total. The summed E-state index contributed by atoms with van der Waals surface area (Å²) in [5.41, 5.74) is 6.93. The fraction of sp³-hybridized carbons (Fsp3) is 0.190. The Morgan fingerprint density at radius 2 is 2.12 bits per heavy atom. The first-order chi connectivity index (χ1) is 15.2. The number of carbonyl (C=O) groups is 1. The maximum atomic E-state index is 13.6. The van der Waals surface area contributed by atoms with Gasteiger partial charge in [-0.3, -0.25) is 9.78 Å². The molecule has 32 heavy (non-hydrogen) atoms. The summed E-state index contributed by atoms with van der Waals surface area (Å²) in [5, 5.41) is 23.9. The molecule has 0 aliphatic heterocycles. The predicted octanol–water partition coefficient (Wildman–Crippen LogP) is 3.67. The minimum absolute atomic E-state index is 0.0851. The molecule has 0 aliphatic carbocycles. The van der Waals surface area contributed by atoms with Gasteiger partial charge in [-0.1, -0.05) is 17.7 Å². The molecule has 0 radical (unpaired) electrons. The first kappa shape index (κ1) is 21.5. The molecular formula is C21H15ClF2N6O2. The Bertz CT molecular complexity index is 1430. The molecule has 0 saturated heterocycles. The van der Waals surface area contributed by atoms with Crippen molar-refractivity contribution in [2.75, 3.05) is 0 Å². The number of nitrogens with zero attached hydrogens (tertiary/aromatic N) is 5. The molecule has 1 aromatic carbocycles. The molecule has 3 aromatic heterocycles. The SMILES string of the molecule is Cc1nc2c(C#N)c(C(F)F)nn2c(C[C@@H](N)C(=O)O)c1-c1ccnc2cc(Cl)ccc12. The highest BCUT2D eigenvalue weighted by molar-refractivity contribution is 6.31. The number of hydrogen-bond acceptors (Lipinski definition) is 6. The van der Waals surface area contributed by atoms with Crippen molar-refractivity contribution in [1.29, 1.82) is 5.26 Å². The Balaban J connectivity index is 2.12. The van der Waals surface area contributed by atoms with E-state index in [9.17, 15) is 23.9 Å². The quantitative estimate of drug-likeness (QED) is 0.468. The second-order valence-electron chi connectivity index (χ2n) is 7.10. The number of halogens is 3. The van der Waals surface area contributed by atoms with Gasteiger partial charge < -0.3 is 10.8 Å². The molecule has 162 valence electrons. The van der Waals surface area contributed by atoms with Gasteiger partial charge in [-0.25, -0.2) is 18.3 Å². The fourth-order valence-electron chi connectivity index (χ4n) is 3.68. The van der Waals surface area contributed by atoms with Crippen LogP contribution in [0.25, 0.3) is 27.7 Å². The molecular weight excluding hydrogens is 442 g/mol. The van der Waals surface area contributed by atoms with E-state index < -0.39 is 24.1 Å². The van der Waals surface area contributed by atoms with E-state index in [-0.39, 0.29) is 23.3 Å². The fourth-order valence-corrected chi connectivity index (χ4v) is 3.85. The lowest BCUT2D eigenvalue weighted by Crippen LogP contribution is -2.33. The van der Waals surface area contributed by atoms with Crippen molar-refractivity contribution in [2.24, 2.45) is 5.73 Å². The highest BCUT2D eigenvalue weighted by atomic mass is 35.5. The summed E-state index contributed by atoms with van der Waals surface area (Å²) in [4.78, 5) is 20.2. The van der Waals surface area contributed by atoms with Gasteiger partial charge in [-0.15, -0.1) is 0 Å². The normalized spacial score (nSPS) is 12.4. The van der Waals surface area contributed by atoms with Crippen molar-refractivity contribution in [1.82, 2.24) is 19.6 Å². The van der Waals surface area contributed by atoms with Gasteiger partial charge in [0.05, 0.1) is 11.2 Å². The lowest BCUT2D eigenvalue weighted by Gasteiger charge is -2.17. The summed E-state index contributed by atoms with van der Waals surface area (Å²) in [7, 11) is 0. The Morgan fingerprint density at radius 3 is 2.78 bits per heavy atom. The molecule has 11 heteroatoms. The number of carboxylic acids is 1. The van der Waals surface area contributed by atoms with Crippen LogP contribution < -0.4 is 5.73 Å². The Morgan fingerprint density at radius 1 is 1.38 bits per heavy atom. The van der Waals surface area contributed by atoms with Gasteiger partial charge >= 0.3 is 5.97 Å². The van der Waals surface area contributed by atoms with Gasteiger partial charge in [0.2, 0.25) is 0 Å². The number of aromatic nitrogens is 4. The second-order valence-corrected chi connectivity index (χ2v) is 7.53. The van der Waals surface area contributed by atoms with E-state index >= 15 is 0 Å². The van der Waals surface area contributed by atoms with Crippen LogP contribution in [-0.4, -0.2) is 36.7 Å². The zero-order valence-corrected chi connectivity index (χ0v) is 17.3. The van der Waals surface area contributed by atoms with Crippen molar-refractivity contribution >= 4 is 34.1 Å². The first-order valence-electron chi connectivity index (χ1n) is 9.36. The number of hydrogen-bond donors (Lipinski definition) is 2. The number of fused-ring (bicyclic) bond motifs is 2. The van der Waals surface area contributed by atoms with Crippen LogP contribution in [0.15, 0.2) is 30.5 Å². The number of nitrogens with two attached hydrogens (primary N) is 1. The van der Waals surface area contributed by atoms with Crippen molar-refractivity contribution < 1.29 is 18.7 Å². The third-order valence-electron chi connectivity index (χ3n) is 5.09. The van der Waals surface area contributed by atoms with Crippen LogP contribution in [0, 0.1) is 18.3 Å². The number of alkyl halides is 2. The van der Waals surface area contributed by atoms with E-state index in [4.69, 9.17) is 17.3 Å². The predicted molar refractivity (Wildman–Crippen MR) is 112 cm³/mol. The summed E-state index contributed by atoms with van der Waals surface area (Å²) >= 11 is 6.08. The zero-order chi connectivity index (χ0) is 23.2. The van der Waals surface area contributed by atoms with Gasteiger partial charge in [0.25, 0.3) is 6.43 Å². The van der Waals surface area contributed by atoms with Gasteiger partial charge in [0.1, 0.15) is 23.4 Å². The van der Waals surface area contributed by atoms with E-state index in [2.05, 4.69) is 15.1 Å². The molecule has 3 N–H and O–H groups in total. The van der Waals surface area contributed by atoms with Crippen LogP contribution in [0.2, 0.25) is 5.02 Å². The molecule has 0 amide bonds. The van der Waals surface area contributed by atoms with E-state index in [1.54, 1.807) is 43.5 Å². The van der Waals surface area contributed by atoms with Gasteiger partial charge in [-0.2, -0.15) is 10.4 Å². The minimum atomic E-state index is -3.01. The Kier molecular flexibility index (Phi) is 5.46. The standard InChI is InChI=1S/C21H15ClF2N6O2/c1-9-17(12-4-5-27-15-6-10(22)2-3-11(12)15)16(7-14(26)21(31)32)30-20(28-9)13(8-25)18(29-30)19(23)24/h2-6,14,19H,7,26H2,1H3,(H,31,32)/t14-/m1/s1. The molecule has 0 bridgehead atoms. The lowest BCUT2D eigenvalue weighted by molar-refractivity contribution is -0.138. The Hall–Kier alpha value is -3.68. The number of rotatable bonds is 5. The maximum Gasteiger partial charge on any atom is 0.320 e. The summed E-state index contributed by atoms with van der Waals surface area (Å²) in [6.07, 6.45) is -1.70. The summed E-state index contributed by atoms with van der Waals surface area (Å²) < 4.78 is 28.2. The highest BCUT2D eigenvalue weighted by Gasteiger charge is 2.28. The molecule has 0 saturated carbocycles. The number of aliphatic carboxylic acids is 1. The highest BCUT2D eigenvalue weighted by Crippen LogP contribution is 2.35. The Labute approximate surface area is 184 Å². The van der Waals surface area contributed by atoms with Crippen LogP contribution >= 0.6 is 11.6 Å². The second kappa shape index (κ2) is 8.11. The number of carboxylic acid groups (broad SMARTS) is 1. The van der Waals surface area contributed by atoms with Gasteiger partial charge in [-0.05, 0) is 30.7 Å². The number of benzene rings is 1. The third-order valence-corrected chi connectivity index (χ3v) is 5.33. The van der Waals surface area contributed by atoms with E-state index in [0.29, 0.717) is 32.7 Å². The van der Waals surface area contributed by atoms with Crippen LogP contribution in [0.3, 0.4) is 0 Å². The number of pyridine rings is 1. The number of nitriles is 1. The van der Waals surface area contributed by atoms with E-state index in [1.165, 1.54) is 0 Å². The van der Waals surface area contributed by atoms with Crippen LogP contribution in [0.1, 0.15) is 29.1 Å². The molecule has 3 heterocycles. The monoisotopic (exact) mass is 456 g/mol. The summed E-state index contributed by atoms with van der Waals surface area (Å²) in [6.45, 7) is 1.64. The molecule has 0 unspecified atom stereocenters. The zero-order valence-electron chi connectivity index (χ0n) is 16.6. The van der Waals surface area contributed by atoms with Crippen LogP contribution in [0.4, 0.5) is 8.78 Å². The molecule has 1 atom stereocenters. The topological polar surface area (TPSA) is 130 Å². The molecule has 4 aromatic rings. The largest absolute Gasteiger partial charge is 0.480 e. The van der Waals surface area contributed by atoms with Crippen LogP contribution in [0.5, 0.6) is 0 Å². The summed E-state index contributed by atoms with van der Waals surface area (Å²) in [5.74, 6) is -1.27. The molecule has 0 spiro atoms. The van der Waals surface area contributed by atoms with Crippen molar-refractivity contribution in [2.45, 2.75) is 25.8 Å². The third kappa shape index (κ3) is 3.51. The van der Waals surface area contributed by atoms with Crippen LogP contribution in [-0.2, 0) is 11.2 Å². The first-order valence-corrected chi connectivity index (χ1v) is 9.74. The van der Waals surface area contributed by atoms with Gasteiger partial charge in [0, 0.05) is 34.3 Å². The van der Waals surface area contributed by atoms with E-state index in [1.807, 2.05) is 0 Å². The number of aryl methyl sites for hydroxylation is 1. The molecule has 0 aliphatic rings. The average molecular weight is 457 g/mol. The van der Waals surface area contributed by atoms with Crippen molar-refractivity contribution in [3.63, 3.8) is 0 Å². The van der Waals surface area contributed by atoms with E-state index in [0.717, 1.165) is 4.52 Å². The lowest BCUT2D eigenvalue weighted by atomic mass is 9.95. The molecule has 4 rings (SSSR count).